The highest BCUT2D eigenvalue weighted by atomic mass is 79.9. The van der Waals surface area contributed by atoms with Crippen molar-refractivity contribution in [2.45, 2.75) is 32.5 Å². The quantitative estimate of drug-likeness (QED) is 0.167. The maximum Gasteiger partial charge on any atom is 0.276 e. The van der Waals surface area contributed by atoms with Gasteiger partial charge in [-0.3, -0.25) is 14.5 Å². The Morgan fingerprint density at radius 2 is 1.24 bits per heavy atom. The number of carbonyl (C=O) groups excluding carboxylic acids is 2. The maximum atomic E-state index is 13.6. The van der Waals surface area contributed by atoms with E-state index in [2.05, 4.69) is 37.2 Å². The molecule has 0 bridgehead atoms. The molecule has 1 N–H and O–H groups in total. The molecule has 0 unspecified atom stereocenters. The van der Waals surface area contributed by atoms with Gasteiger partial charge in [0, 0.05) is 32.2 Å². The molecule has 0 radical (unpaired) electrons. The zero-order valence-electron chi connectivity index (χ0n) is 23.4. The van der Waals surface area contributed by atoms with Crippen LogP contribution in [-0.4, -0.2) is 18.4 Å². The number of nitriles is 1. The summed E-state index contributed by atoms with van der Waals surface area (Å²) < 4.78 is 67.0. The molecule has 0 saturated carbocycles. The van der Waals surface area contributed by atoms with Crippen LogP contribution < -0.4 is 19.7 Å². The van der Waals surface area contributed by atoms with Gasteiger partial charge < -0.3 is 14.8 Å². The van der Waals surface area contributed by atoms with Crippen LogP contribution >= 0.6 is 31.9 Å². The van der Waals surface area contributed by atoms with E-state index >= 15 is 0 Å². The van der Waals surface area contributed by atoms with Crippen LogP contribution in [0, 0.1) is 34.6 Å². The van der Waals surface area contributed by atoms with Gasteiger partial charge in [-0.15, -0.1) is 0 Å². The first-order valence-electron chi connectivity index (χ1n) is 13.1. The van der Waals surface area contributed by atoms with Gasteiger partial charge in [0.25, 0.3) is 11.8 Å². The predicted octanol–water partition coefficient (Wildman–Crippen LogP) is 8.50. The summed E-state index contributed by atoms with van der Waals surface area (Å²) in [7, 11) is 0. The van der Waals surface area contributed by atoms with Crippen LogP contribution in [-0.2, 0) is 20.8 Å². The Hall–Kier alpha value is -4.41. The third kappa shape index (κ3) is 6.59. The van der Waals surface area contributed by atoms with Gasteiger partial charge >= 0.3 is 0 Å². The number of benzene rings is 4. The van der Waals surface area contributed by atoms with E-state index in [1.807, 2.05) is 6.07 Å². The Balaban J connectivity index is 0.000000206. The predicted molar refractivity (Wildman–Crippen MR) is 170 cm³/mol. The van der Waals surface area contributed by atoms with Crippen molar-refractivity contribution in [2.75, 3.05) is 16.8 Å². The highest BCUT2D eigenvalue weighted by molar-refractivity contribution is 9.10. The minimum Gasteiger partial charge on any atom is -0.471 e. The minimum atomic E-state index is -1.64. The van der Waals surface area contributed by atoms with Crippen molar-refractivity contribution in [1.82, 2.24) is 0 Å². The lowest BCUT2D eigenvalue weighted by Gasteiger charge is -2.40. The van der Waals surface area contributed by atoms with Crippen molar-refractivity contribution in [3.05, 3.63) is 116 Å². The molecule has 2 atom stereocenters. The monoisotopic (exact) mass is 761 g/mol. The van der Waals surface area contributed by atoms with E-state index in [1.165, 1.54) is 18.7 Å². The molecule has 2 amide bonds. The van der Waals surface area contributed by atoms with E-state index in [0.29, 0.717) is 27.3 Å². The van der Waals surface area contributed by atoms with Gasteiger partial charge in [0.05, 0.1) is 17.4 Å². The molecule has 2 heterocycles. The standard InChI is InChI=1S/C17H11BrF2N2O2.C15H10BrF2NO2.CH4/c1-17(10-6-12(19)9-13(20)7-10)16(23)22(5-4-21)14-8-11(18)2-3-15(14)24-17;1-15(8-4-10(17)7-11(18)5-8)14(20)19-12-6-9(16)2-3-13(12)21-15;/h2-3,6-9H,5H2,1H3;2-7H,1H3,(H,19,20);1H4/t17-;15-;/m00./s1. The van der Waals surface area contributed by atoms with Crippen molar-refractivity contribution < 1.29 is 36.6 Å². The van der Waals surface area contributed by atoms with Gasteiger partial charge in [0.2, 0.25) is 11.2 Å². The van der Waals surface area contributed by atoms with E-state index in [-0.39, 0.29) is 25.1 Å². The summed E-state index contributed by atoms with van der Waals surface area (Å²) in [6, 6.07) is 17.8. The van der Waals surface area contributed by atoms with Crippen molar-refractivity contribution in [3.8, 4) is 17.6 Å². The number of carbonyl (C=O) groups is 2. The summed E-state index contributed by atoms with van der Waals surface area (Å²) >= 11 is 6.60. The van der Waals surface area contributed by atoms with E-state index in [1.54, 1.807) is 36.4 Å². The van der Waals surface area contributed by atoms with Gasteiger partial charge in [-0.1, -0.05) is 39.3 Å². The molecule has 2 aliphatic rings. The van der Waals surface area contributed by atoms with Crippen LogP contribution in [0.25, 0.3) is 0 Å². The number of nitrogens with one attached hydrogen (secondary N) is 1. The number of hydrogen-bond donors (Lipinski definition) is 1. The fourth-order valence-electron chi connectivity index (χ4n) is 4.87. The van der Waals surface area contributed by atoms with Crippen molar-refractivity contribution >= 4 is 55.0 Å². The number of fused-ring (bicyclic) bond motifs is 2. The molecular formula is C33H25Br2F4N3O4. The normalized spacial score (nSPS) is 19.5. The number of nitrogens with zero attached hydrogens (tertiary/aromatic N) is 2. The van der Waals surface area contributed by atoms with Gasteiger partial charge in [-0.25, -0.2) is 17.6 Å². The molecule has 0 aliphatic carbocycles. The molecule has 2 aliphatic heterocycles. The molecule has 46 heavy (non-hydrogen) atoms. The van der Waals surface area contributed by atoms with E-state index < -0.39 is 46.3 Å². The van der Waals surface area contributed by atoms with Crippen LogP contribution in [0.5, 0.6) is 11.5 Å². The van der Waals surface area contributed by atoms with Crippen LogP contribution in [0.2, 0.25) is 0 Å². The Morgan fingerprint density at radius 1 is 0.761 bits per heavy atom. The van der Waals surface area contributed by atoms with Crippen LogP contribution in [0.15, 0.2) is 81.7 Å². The highest BCUT2D eigenvalue weighted by Gasteiger charge is 2.47. The average Bonchev–Trinajstić information content (AvgIpc) is 2.96. The first kappa shape index (κ1) is 34.5. The Labute approximate surface area is 279 Å². The highest BCUT2D eigenvalue weighted by Crippen LogP contribution is 2.44. The summed E-state index contributed by atoms with van der Waals surface area (Å²) in [5.41, 5.74) is -2.05. The third-order valence-corrected chi connectivity index (χ3v) is 8.16. The molecule has 0 spiro atoms. The number of halogens is 6. The lowest BCUT2D eigenvalue weighted by molar-refractivity contribution is -0.134. The number of rotatable bonds is 3. The van der Waals surface area contributed by atoms with E-state index in [0.717, 1.165) is 40.9 Å². The number of hydrogen-bond acceptors (Lipinski definition) is 5. The van der Waals surface area contributed by atoms with Gasteiger partial charge in [-0.05, 0) is 74.5 Å². The molecule has 7 nitrogen and oxygen atoms in total. The van der Waals surface area contributed by atoms with Gasteiger partial charge in [0.15, 0.2) is 0 Å². The minimum absolute atomic E-state index is 0. The zero-order valence-corrected chi connectivity index (χ0v) is 26.6. The Bertz CT molecular complexity index is 1860. The summed E-state index contributed by atoms with van der Waals surface area (Å²) in [5, 5.41) is 11.7. The van der Waals surface area contributed by atoms with Crippen molar-refractivity contribution in [1.29, 1.82) is 5.26 Å². The molecule has 6 rings (SSSR count). The smallest absolute Gasteiger partial charge is 0.276 e. The van der Waals surface area contributed by atoms with Gasteiger partial charge in [-0.2, -0.15) is 5.26 Å². The average molecular weight is 763 g/mol. The summed E-state index contributed by atoms with van der Waals surface area (Å²) in [5.74, 6) is -3.41. The summed E-state index contributed by atoms with van der Waals surface area (Å²) in [6.45, 7) is 2.69. The topological polar surface area (TPSA) is 91.7 Å². The fourth-order valence-corrected chi connectivity index (χ4v) is 5.58. The van der Waals surface area contributed by atoms with Crippen molar-refractivity contribution in [3.63, 3.8) is 0 Å². The second kappa shape index (κ2) is 13.1. The number of anilines is 2. The molecule has 4 aromatic rings. The van der Waals surface area contributed by atoms with Crippen molar-refractivity contribution in [2.24, 2.45) is 0 Å². The summed E-state index contributed by atoms with van der Waals surface area (Å²) in [6.07, 6.45) is 0. The first-order chi connectivity index (χ1) is 21.2. The molecular weight excluding hydrogens is 738 g/mol. The lowest BCUT2D eigenvalue weighted by Crippen LogP contribution is -2.52. The van der Waals surface area contributed by atoms with Crippen LogP contribution in [0.1, 0.15) is 32.4 Å². The van der Waals surface area contributed by atoms with E-state index in [4.69, 9.17) is 14.7 Å². The molecule has 0 fully saturated rings. The number of amides is 2. The van der Waals surface area contributed by atoms with Crippen LogP contribution in [0.3, 0.4) is 0 Å². The second-order valence-electron chi connectivity index (χ2n) is 10.3. The van der Waals surface area contributed by atoms with Crippen LogP contribution in [0.4, 0.5) is 28.9 Å². The first-order valence-corrected chi connectivity index (χ1v) is 14.7. The lowest BCUT2D eigenvalue weighted by atomic mass is 9.91. The SMILES string of the molecule is C.C[C@@]1(c2cc(F)cc(F)c2)Oc2ccc(Br)cc2N(CC#N)C1=O.C[C@@]1(c2cc(F)cc(F)c2)Oc2ccc(Br)cc2NC1=O. The summed E-state index contributed by atoms with van der Waals surface area (Å²) in [4.78, 5) is 26.5. The zero-order chi connectivity index (χ0) is 32.7. The molecule has 0 aromatic heterocycles. The molecule has 4 aromatic carbocycles. The fraction of sp³-hybridized carbons (Fsp3) is 0.182. The molecule has 13 heteroatoms. The molecule has 0 saturated heterocycles. The maximum absolute atomic E-state index is 13.6. The molecule has 238 valence electrons. The Kier molecular flexibility index (Phi) is 9.84. The second-order valence-corrected chi connectivity index (χ2v) is 12.2. The van der Waals surface area contributed by atoms with E-state index in [9.17, 15) is 27.2 Å². The van der Waals surface area contributed by atoms with Gasteiger partial charge in [0.1, 0.15) is 41.3 Å². The largest absolute Gasteiger partial charge is 0.471 e. The third-order valence-electron chi connectivity index (χ3n) is 7.17. The Morgan fingerprint density at radius 3 is 1.78 bits per heavy atom. The number of ether oxygens (including phenoxy) is 2.